The molecule has 194 valence electrons. The molecular weight excluding hydrogens is 506 g/mol. The maximum absolute atomic E-state index is 12.8. The molecule has 10 heteroatoms. The molecule has 0 radical (unpaired) electrons. The normalized spacial score (nSPS) is 11.4. The maximum atomic E-state index is 12.8. The Labute approximate surface area is 220 Å². The van der Waals surface area contributed by atoms with Crippen molar-refractivity contribution in [3.8, 4) is 11.5 Å². The van der Waals surface area contributed by atoms with E-state index in [2.05, 4.69) is 15.2 Å². The Morgan fingerprint density at radius 2 is 1.61 bits per heavy atom. The van der Waals surface area contributed by atoms with Gasteiger partial charge in [0.05, 0.1) is 29.8 Å². The Morgan fingerprint density at radius 3 is 2.34 bits per heavy atom. The molecule has 0 saturated heterocycles. The van der Waals surface area contributed by atoms with E-state index in [4.69, 9.17) is 9.47 Å². The van der Waals surface area contributed by atoms with Gasteiger partial charge in [0, 0.05) is 5.56 Å². The molecular formula is C28H25N3O6S. The first-order valence-corrected chi connectivity index (χ1v) is 13.2. The Kier molecular flexibility index (Phi) is 8.47. The van der Waals surface area contributed by atoms with Crippen molar-refractivity contribution in [3.05, 3.63) is 102 Å². The lowest BCUT2D eigenvalue weighted by atomic mass is 10.0. The zero-order chi connectivity index (χ0) is 27.0. The van der Waals surface area contributed by atoms with E-state index < -0.39 is 28.4 Å². The topological polar surface area (TPSA) is 123 Å². The standard InChI is InChI=1S/C28H25N3O6S/c1-2-36-22-15-12-21(13-16-22)28(33)37-26-17-14-20-8-6-7-11-24(20)25(26)18-29-31-27(32)19-30-38(34,35)23-9-4-3-5-10-23/h3-18,30H,2,19H2,1H3,(H,31,32). The van der Waals surface area contributed by atoms with Crippen molar-refractivity contribution in [1.29, 1.82) is 0 Å². The van der Waals surface area contributed by atoms with Gasteiger partial charge in [-0.2, -0.15) is 5.10 Å². The number of fused-ring (bicyclic) bond motifs is 1. The highest BCUT2D eigenvalue weighted by molar-refractivity contribution is 7.89. The number of carbonyl (C=O) groups excluding carboxylic acids is 2. The summed E-state index contributed by atoms with van der Waals surface area (Å²) in [6.07, 6.45) is 1.35. The van der Waals surface area contributed by atoms with Gasteiger partial charge in [-0.15, -0.1) is 0 Å². The molecule has 4 aromatic carbocycles. The molecule has 0 aliphatic heterocycles. The van der Waals surface area contributed by atoms with Gasteiger partial charge >= 0.3 is 5.97 Å². The molecule has 0 saturated carbocycles. The van der Waals surface area contributed by atoms with Gasteiger partial charge in [-0.3, -0.25) is 4.79 Å². The fourth-order valence-corrected chi connectivity index (χ4v) is 4.57. The molecule has 0 aromatic heterocycles. The molecule has 0 aliphatic rings. The van der Waals surface area contributed by atoms with E-state index in [9.17, 15) is 18.0 Å². The van der Waals surface area contributed by atoms with Crippen molar-refractivity contribution in [1.82, 2.24) is 10.1 Å². The average Bonchev–Trinajstić information content (AvgIpc) is 2.94. The SMILES string of the molecule is CCOc1ccc(C(=O)Oc2ccc3ccccc3c2C=NNC(=O)CNS(=O)(=O)c2ccccc2)cc1. The molecule has 9 nitrogen and oxygen atoms in total. The molecule has 2 N–H and O–H groups in total. The van der Waals surface area contributed by atoms with Crippen LogP contribution < -0.4 is 19.6 Å². The summed E-state index contributed by atoms with van der Waals surface area (Å²) in [6.45, 7) is 1.87. The summed E-state index contributed by atoms with van der Waals surface area (Å²) in [5.41, 5.74) is 3.10. The first-order valence-electron chi connectivity index (χ1n) is 11.7. The van der Waals surface area contributed by atoms with Crippen molar-refractivity contribution >= 4 is 38.9 Å². The lowest BCUT2D eigenvalue weighted by molar-refractivity contribution is -0.119. The van der Waals surface area contributed by atoms with Crippen LogP contribution in [0.4, 0.5) is 0 Å². The second-order valence-electron chi connectivity index (χ2n) is 7.98. The van der Waals surface area contributed by atoms with Gasteiger partial charge in [-0.05, 0) is 60.2 Å². The van der Waals surface area contributed by atoms with Gasteiger partial charge in [0.15, 0.2) is 0 Å². The van der Waals surface area contributed by atoms with Crippen LogP contribution in [-0.2, 0) is 14.8 Å². The van der Waals surface area contributed by atoms with E-state index in [0.717, 1.165) is 10.8 Å². The first-order chi connectivity index (χ1) is 18.4. The third-order valence-electron chi connectivity index (χ3n) is 5.39. The summed E-state index contributed by atoms with van der Waals surface area (Å²) < 4.78 is 37.9. The number of esters is 1. The minimum atomic E-state index is -3.84. The van der Waals surface area contributed by atoms with Crippen LogP contribution in [0.5, 0.6) is 11.5 Å². The van der Waals surface area contributed by atoms with Crippen LogP contribution in [-0.4, -0.2) is 39.7 Å². The number of amides is 1. The van der Waals surface area contributed by atoms with Crippen LogP contribution in [0, 0.1) is 0 Å². The van der Waals surface area contributed by atoms with Crippen LogP contribution >= 0.6 is 0 Å². The average molecular weight is 532 g/mol. The summed E-state index contributed by atoms with van der Waals surface area (Å²) in [5, 5.41) is 5.59. The molecule has 0 atom stereocenters. The highest BCUT2D eigenvalue weighted by Gasteiger charge is 2.16. The molecule has 0 fully saturated rings. The number of nitrogens with zero attached hydrogens (tertiary/aromatic N) is 1. The number of ether oxygens (including phenoxy) is 2. The third-order valence-corrected chi connectivity index (χ3v) is 6.81. The van der Waals surface area contributed by atoms with E-state index in [-0.39, 0.29) is 10.6 Å². The number of hydrogen-bond acceptors (Lipinski definition) is 7. The summed E-state index contributed by atoms with van der Waals surface area (Å²) in [6, 6.07) is 25.2. The Morgan fingerprint density at radius 1 is 0.895 bits per heavy atom. The van der Waals surface area contributed by atoms with E-state index >= 15 is 0 Å². The second-order valence-corrected chi connectivity index (χ2v) is 9.74. The molecule has 0 heterocycles. The summed E-state index contributed by atoms with van der Waals surface area (Å²) in [7, 11) is -3.84. The minimum Gasteiger partial charge on any atom is -0.494 e. The minimum absolute atomic E-state index is 0.0473. The first kappa shape index (κ1) is 26.5. The van der Waals surface area contributed by atoms with Crippen molar-refractivity contribution in [2.75, 3.05) is 13.2 Å². The quantitative estimate of drug-likeness (QED) is 0.139. The molecule has 0 aliphatic carbocycles. The van der Waals surface area contributed by atoms with Crippen LogP contribution in [0.3, 0.4) is 0 Å². The number of hydrogen-bond donors (Lipinski definition) is 2. The number of benzene rings is 4. The molecule has 38 heavy (non-hydrogen) atoms. The number of nitrogens with one attached hydrogen (secondary N) is 2. The monoisotopic (exact) mass is 531 g/mol. The Hall–Kier alpha value is -4.54. The van der Waals surface area contributed by atoms with Crippen LogP contribution in [0.15, 0.2) is 101 Å². The van der Waals surface area contributed by atoms with Gasteiger partial charge in [0.2, 0.25) is 10.0 Å². The largest absolute Gasteiger partial charge is 0.494 e. The van der Waals surface area contributed by atoms with Crippen molar-refractivity contribution in [3.63, 3.8) is 0 Å². The Bertz CT molecular complexity index is 1570. The van der Waals surface area contributed by atoms with Crippen molar-refractivity contribution in [2.45, 2.75) is 11.8 Å². The smallest absolute Gasteiger partial charge is 0.343 e. The molecule has 4 rings (SSSR count). The molecule has 0 spiro atoms. The molecule has 0 bridgehead atoms. The van der Waals surface area contributed by atoms with Gasteiger partial charge in [0.1, 0.15) is 11.5 Å². The zero-order valence-corrected chi connectivity index (χ0v) is 21.3. The number of carbonyl (C=O) groups is 2. The van der Waals surface area contributed by atoms with Crippen LogP contribution in [0.25, 0.3) is 10.8 Å². The summed E-state index contributed by atoms with van der Waals surface area (Å²) in [5.74, 6) is -0.360. The predicted octanol–water partition coefficient (Wildman–Crippen LogP) is 3.89. The van der Waals surface area contributed by atoms with E-state index in [1.54, 1.807) is 48.5 Å². The summed E-state index contributed by atoms with van der Waals surface area (Å²) >= 11 is 0. The predicted molar refractivity (Wildman–Crippen MR) is 144 cm³/mol. The van der Waals surface area contributed by atoms with Crippen molar-refractivity contribution < 1.29 is 27.5 Å². The molecule has 4 aromatic rings. The van der Waals surface area contributed by atoms with Gasteiger partial charge in [0.25, 0.3) is 5.91 Å². The van der Waals surface area contributed by atoms with Crippen LogP contribution in [0.2, 0.25) is 0 Å². The number of sulfonamides is 1. The second kappa shape index (κ2) is 12.1. The van der Waals surface area contributed by atoms with E-state index in [0.29, 0.717) is 23.5 Å². The lowest BCUT2D eigenvalue weighted by Gasteiger charge is -2.11. The number of hydrazone groups is 1. The zero-order valence-electron chi connectivity index (χ0n) is 20.5. The fourth-order valence-electron chi connectivity index (χ4n) is 3.56. The van der Waals surface area contributed by atoms with E-state index in [1.165, 1.54) is 18.3 Å². The summed E-state index contributed by atoms with van der Waals surface area (Å²) in [4.78, 5) is 25.1. The van der Waals surface area contributed by atoms with Gasteiger partial charge in [-0.25, -0.2) is 23.4 Å². The van der Waals surface area contributed by atoms with Gasteiger partial charge in [-0.1, -0.05) is 48.5 Å². The maximum Gasteiger partial charge on any atom is 0.343 e. The molecule has 0 unspecified atom stereocenters. The third kappa shape index (κ3) is 6.61. The fraction of sp³-hybridized carbons (Fsp3) is 0.107. The van der Waals surface area contributed by atoms with Crippen molar-refractivity contribution in [2.24, 2.45) is 5.10 Å². The highest BCUT2D eigenvalue weighted by atomic mass is 32.2. The number of rotatable bonds is 10. The van der Waals surface area contributed by atoms with E-state index in [1.807, 2.05) is 37.3 Å². The van der Waals surface area contributed by atoms with Crippen LogP contribution in [0.1, 0.15) is 22.8 Å². The molecule has 1 amide bonds. The lowest BCUT2D eigenvalue weighted by Crippen LogP contribution is -2.34. The highest BCUT2D eigenvalue weighted by Crippen LogP contribution is 2.27. The Balaban J connectivity index is 1.48. The van der Waals surface area contributed by atoms with Gasteiger partial charge < -0.3 is 9.47 Å².